The highest BCUT2D eigenvalue weighted by molar-refractivity contribution is 5.80. The Morgan fingerprint density at radius 2 is 1.65 bits per heavy atom. The minimum absolute atomic E-state index is 0.451. The van der Waals surface area contributed by atoms with E-state index >= 15 is 0 Å². The molecule has 0 amide bonds. The predicted molar refractivity (Wildman–Crippen MR) is 104 cm³/mol. The van der Waals surface area contributed by atoms with Gasteiger partial charge in [0, 0.05) is 25.3 Å². The van der Waals surface area contributed by atoms with E-state index in [0.29, 0.717) is 5.54 Å². The Labute approximate surface area is 154 Å². The summed E-state index contributed by atoms with van der Waals surface area (Å²) in [7, 11) is 4.48. The zero-order valence-electron chi connectivity index (χ0n) is 15.9. The Balaban J connectivity index is 1.33. The molecule has 2 heterocycles. The third-order valence-electron chi connectivity index (χ3n) is 7.75. The van der Waals surface area contributed by atoms with E-state index in [1.165, 1.54) is 55.3 Å². The van der Waals surface area contributed by atoms with E-state index < -0.39 is 0 Å². The zero-order valence-corrected chi connectivity index (χ0v) is 15.9. The van der Waals surface area contributed by atoms with Crippen molar-refractivity contribution in [3.05, 3.63) is 36.2 Å². The van der Waals surface area contributed by atoms with E-state index in [1.807, 2.05) is 0 Å². The van der Waals surface area contributed by atoms with E-state index in [9.17, 15) is 0 Å². The van der Waals surface area contributed by atoms with Crippen LogP contribution < -0.4 is 0 Å². The van der Waals surface area contributed by atoms with Crippen molar-refractivity contribution in [2.45, 2.75) is 50.6 Å². The van der Waals surface area contributed by atoms with Crippen LogP contribution in [-0.4, -0.2) is 31.4 Å². The number of fused-ring (bicyclic) bond motifs is 3. The van der Waals surface area contributed by atoms with Gasteiger partial charge in [-0.15, -0.1) is 0 Å². The molecule has 4 bridgehead atoms. The van der Waals surface area contributed by atoms with E-state index in [1.54, 1.807) is 0 Å². The zero-order chi connectivity index (χ0) is 17.5. The molecule has 26 heavy (non-hydrogen) atoms. The summed E-state index contributed by atoms with van der Waals surface area (Å²) < 4.78 is 4.47. The summed E-state index contributed by atoms with van der Waals surface area (Å²) in [6.45, 7) is 0.974. The summed E-state index contributed by atoms with van der Waals surface area (Å²) in [5, 5.41) is 0. The fraction of sp³-hybridized carbons (Fsp3) is 0.591. The lowest BCUT2D eigenvalue weighted by Crippen LogP contribution is -2.58. The van der Waals surface area contributed by atoms with E-state index in [4.69, 9.17) is 4.98 Å². The van der Waals surface area contributed by atoms with E-state index in [0.717, 1.165) is 30.1 Å². The lowest BCUT2D eigenvalue weighted by atomic mass is 9.52. The molecule has 0 atom stereocenters. The van der Waals surface area contributed by atoms with Crippen LogP contribution in [0.15, 0.2) is 30.5 Å². The minimum Gasteiger partial charge on any atom is -0.313 e. The van der Waals surface area contributed by atoms with Gasteiger partial charge in [0.15, 0.2) is 0 Å². The standard InChI is InChI=1S/C22H28N4/c1-24(22-10-15-7-16(11-22)9-17(8-15)12-22)13-18-14-26-20-6-4-3-5-19(20)25(2)21(26)23-18/h3-6,14-17H,7-13H2,1-2H3. The van der Waals surface area contributed by atoms with E-state index in [-0.39, 0.29) is 0 Å². The van der Waals surface area contributed by atoms with Crippen molar-refractivity contribution in [1.29, 1.82) is 0 Å². The van der Waals surface area contributed by atoms with Crippen LogP contribution in [0.25, 0.3) is 16.8 Å². The molecule has 0 unspecified atom stereocenters. The summed E-state index contributed by atoms with van der Waals surface area (Å²) >= 11 is 0. The molecule has 4 aliphatic carbocycles. The van der Waals surface area contributed by atoms with Crippen LogP contribution in [-0.2, 0) is 13.6 Å². The molecule has 7 rings (SSSR count). The van der Waals surface area contributed by atoms with Crippen LogP contribution >= 0.6 is 0 Å². The Morgan fingerprint density at radius 1 is 1.04 bits per heavy atom. The van der Waals surface area contributed by atoms with Crippen LogP contribution in [0.1, 0.15) is 44.2 Å². The molecule has 0 saturated heterocycles. The number of aromatic nitrogens is 3. The second kappa shape index (κ2) is 5.13. The van der Waals surface area contributed by atoms with Gasteiger partial charge in [-0.1, -0.05) is 12.1 Å². The number of rotatable bonds is 3. The van der Waals surface area contributed by atoms with Crippen molar-refractivity contribution in [2.24, 2.45) is 24.8 Å². The van der Waals surface area contributed by atoms with Gasteiger partial charge in [-0.3, -0.25) is 9.30 Å². The van der Waals surface area contributed by atoms with Crippen LogP contribution in [0, 0.1) is 17.8 Å². The van der Waals surface area contributed by atoms with Crippen molar-refractivity contribution in [3.63, 3.8) is 0 Å². The minimum atomic E-state index is 0.451. The first-order valence-corrected chi connectivity index (χ1v) is 10.2. The molecule has 4 aliphatic rings. The molecule has 4 heteroatoms. The summed E-state index contributed by atoms with van der Waals surface area (Å²) in [6.07, 6.45) is 11.0. The molecule has 136 valence electrons. The average Bonchev–Trinajstić information content (AvgIpc) is 3.13. The Morgan fingerprint density at radius 3 is 2.31 bits per heavy atom. The number of imidazole rings is 2. The van der Waals surface area contributed by atoms with Crippen molar-refractivity contribution >= 4 is 16.8 Å². The number of nitrogens with zero attached hydrogens (tertiary/aromatic N) is 4. The van der Waals surface area contributed by atoms with Crippen LogP contribution in [0.2, 0.25) is 0 Å². The van der Waals surface area contributed by atoms with Crippen LogP contribution in [0.3, 0.4) is 0 Å². The summed E-state index contributed by atoms with van der Waals surface area (Å²) in [5.74, 6) is 4.04. The van der Waals surface area contributed by atoms with Gasteiger partial charge in [0.2, 0.25) is 5.78 Å². The molecule has 1 aromatic carbocycles. The van der Waals surface area contributed by atoms with E-state index in [2.05, 4.69) is 58.4 Å². The number of hydrogen-bond acceptors (Lipinski definition) is 2. The number of para-hydroxylation sites is 2. The van der Waals surface area contributed by atoms with Crippen LogP contribution in [0.4, 0.5) is 0 Å². The second-order valence-corrected chi connectivity index (χ2v) is 9.45. The maximum atomic E-state index is 5.00. The smallest absolute Gasteiger partial charge is 0.214 e. The first kappa shape index (κ1) is 15.3. The molecule has 0 aliphatic heterocycles. The highest BCUT2D eigenvalue weighted by Crippen LogP contribution is 2.57. The lowest BCUT2D eigenvalue weighted by Gasteiger charge is -2.60. The number of hydrogen-bond donors (Lipinski definition) is 0. The molecule has 2 aromatic heterocycles. The summed E-state index contributed by atoms with van der Waals surface area (Å²) in [5.41, 5.74) is 4.16. The second-order valence-electron chi connectivity index (χ2n) is 9.45. The molecule has 0 radical (unpaired) electrons. The molecular formula is C22H28N4. The molecular weight excluding hydrogens is 320 g/mol. The van der Waals surface area contributed by atoms with Crippen molar-refractivity contribution in [1.82, 2.24) is 18.9 Å². The highest BCUT2D eigenvalue weighted by Gasteiger charge is 2.52. The average molecular weight is 348 g/mol. The molecule has 4 fully saturated rings. The fourth-order valence-corrected chi connectivity index (χ4v) is 6.91. The quantitative estimate of drug-likeness (QED) is 0.708. The lowest BCUT2D eigenvalue weighted by molar-refractivity contribution is -0.0825. The van der Waals surface area contributed by atoms with Gasteiger partial charge >= 0.3 is 0 Å². The van der Waals surface area contributed by atoms with Crippen molar-refractivity contribution in [3.8, 4) is 0 Å². The molecule has 3 aromatic rings. The molecule has 4 saturated carbocycles. The monoisotopic (exact) mass is 348 g/mol. The first-order chi connectivity index (χ1) is 12.6. The largest absolute Gasteiger partial charge is 0.313 e. The Bertz CT molecular complexity index is 959. The third kappa shape index (κ3) is 2.02. The third-order valence-corrected chi connectivity index (χ3v) is 7.75. The Hall–Kier alpha value is -1.81. The topological polar surface area (TPSA) is 25.5 Å². The summed E-state index contributed by atoms with van der Waals surface area (Å²) in [4.78, 5) is 7.67. The normalized spacial score (nSPS) is 33.1. The van der Waals surface area contributed by atoms with Crippen molar-refractivity contribution in [2.75, 3.05) is 7.05 Å². The SMILES string of the molecule is CN(Cc1cn2c3ccccc3n(C)c2n1)C12CC3CC(CC(C3)C1)C2. The van der Waals surface area contributed by atoms with Gasteiger partial charge in [-0.05, 0) is 75.5 Å². The summed E-state index contributed by atoms with van der Waals surface area (Å²) in [6, 6.07) is 8.58. The van der Waals surface area contributed by atoms with Gasteiger partial charge in [-0.2, -0.15) is 0 Å². The number of benzene rings is 1. The van der Waals surface area contributed by atoms with Gasteiger partial charge < -0.3 is 4.57 Å². The number of aryl methyl sites for hydroxylation is 1. The molecule has 4 nitrogen and oxygen atoms in total. The van der Waals surface area contributed by atoms with Gasteiger partial charge in [0.25, 0.3) is 0 Å². The van der Waals surface area contributed by atoms with Crippen molar-refractivity contribution < 1.29 is 0 Å². The predicted octanol–water partition coefficient (Wildman–Crippen LogP) is 4.23. The maximum Gasteiger partial charge on any atom is 0.214 e. The molecule has 0 N–H and O–H groups in total. The van der Waals surface area contributed by atoms with Gasteiger partial charge in [-0.25, -0.2) is 4.98 Å². The highest BCUT2D eigenvalue weighted by atomic mass is 15.2. The van der Waals surface area contributed by atoms with Crippen LogP contribution in [0.5, 0.6) is 0 Å². The van der Waals surface area contributed by atoms with Gasteiger partial charge in [0.1, 0.15) is 0 Å². The fourth-order valence-electron chi connectivity index (χ4n) is 6.91. The maximum absolute atomic E-state index is 5.00. The first-order valence-electron chi connectivity index (χ1n) is 10.2. The van der Waals surface area contributed by atoms with Gasteiger partial charge in [0.05, 0.1) is 16.7 Å². The Kier molecular flexibility index (Phi) is 3.01. The molecule has 0 spiro atoms.